The van der Waals surface area contributed by atoms with Crippen LogP contribution in [0.5, 0.6) is 0 Å². The van der Waals surface area contributed by atoms with E-state index in [2.05, 4.69) is 15.2 Å². The molecule has 3 heterocycles. The second-order valence-electron chi connectivity index (χ2n) is 5.39. The molecular weight excluding hydrogens is 236 g/mol. The van der Waals surface area contributed by atoms with Crippen LogP contribution in [0, 0.1) is 5.41 Å². The van der Waals surface area contributed by atoms with Gasteiger partial charge >= 0.3 is 0 Å². The highest BCUT2D eigenvalue weighted by atomic mass is 15.2. The molecule has 0 radical (unpaired) electrons. The number of rotatable bonds is 1. The fourth-order valence-electron chi connectivity index (χ4n) is 3.24. The number of nitrogen functional groups attached to an aromatic ring is 1. The van der Waals surface area contributed by atoms with E-state index in [0.29, 0.717) is 5.41 Å². The van der Waals surface area contributed by atoms with Crippen molar-refractivity contribution in [3.05, 3.63) is 18.5 Å². The molecule has 1 unspecified atom stereocenters. The monoisotopic (exact) mass is 262 g/mol. The molecule has 3 N–H and O–H groups in total. The van der Waals surface area contributed by atoms with Gasteiger partial charge in [0.2, 0.25) is 0 Å². The maximum Gasteiger partial charge on any atom is 0.0738 e. The number of piperidine rings is 1. The predicted molar refractivity (Wildman–Crippen MR) is 81.4 cm³/mol. The van der Waals surface area contributed by atoms with E-state index in [4.69, 9.17) is 5.73 Å². The van der Waals surface area contributed by atoms with Crippen molar-refractivity contribution in [1.29, 1.82) is 0 Å². The van der Waals surface area contributed by atoms with Crippen molar-refractivity contribution in [3.8, 4) is 0 Å². The summed E-state index contributed by atoms with van der Waals surface area (Å²) in [6.07, 6.45) is 7.50. The first-order valence-corrected chi connectivity index (χ1v) is 7.44. The van der Waals surface area contributed by atoms with E-state index in [9.17, 15) is 0 Å². The molecule has 2 aliphatic heterocycles. The molecule has 1 atom stereocenters. The number of nitrogens with zero attached hydrogens (tertiary/aromatic N) is 2. The van der Waals surface area contributed by atoms with Crippen LogP contribution in [0.25, 0.3) is 0 Å². The average molecular weight is 262 g/mol. The number of nitrogens with two attached hydrogens (primary N) is 1. The lowest BCUT2D eigenvalue weighted by atomic mass is 9.79. The Morgan fingerprint density at radius 2 is 2.21 bits per heavy atom. The molecule has 4 heteroatoms. The fraction of sp³-hybridized carbons (Fsp3) is 0.667. The van der Waals surface area contributed by atoms with Crippen molar-refractivity contribution in [3.63, 3.8) is 0 Å². The number of nitrogens with one attached hydrogen (secondary N) is 1. The van der Waals surface area contributed by atoms with Crippen LogP contribution in [0.2, 0.25) is 0 Å². The van der Waals surface area contributed by atoms with Crippen LogP contribution in [-0.2, 0) is 0 Å². The molecule has 19 heavy (non-hydrogen) atoms. The normalized spacial score (nSPS) is 26.1. The van der Waals surface area contributed by atoms with Crippen molar-refractivity contribution in [2.24, 2.45) is 5.41 Å². The number of pyridine rings is 1. The molecule has 1 spiro atoms. The van der Waals surface area contributed by atoms with Gasteiger partial charge in [0.25, 0.3) is 0 Å². The highest BCUT2D eigenvalue weighted by Crippen LogP contribution is 2.38. The summed E-state index contributed by atoms with van der Waals surface area (Å²) in [6.45, 7) is 8.58. The van der Waals surface area contributed by atoms with E-state index in [-0.39, 0.29) is 0 Å². The summed E-state index contributed by atoms with van der Waals surface area (Å²) < 4.78 is 0. The molecule has 0 amide bonds. The van der Waals surface area contributed by atoms with Gasteiger partial charge in [0, 0.05) is 31.2 Å². The molecule has 2 aliphatic rings. The molecule has 2 saturated heterocycles. The third kappa shape index (κ3) is 3.00. The standard InChI is InChI=1S/C13H20N4.C2H6/c14-11-8-15-5-2-12(11)17-7-1-3-13(10-17)4-6-16-9-13;1-2/h2,5,8,16H,1,3-4,6-7,9-10,14H2;1-2H3. The Morgan fingerprint density at radius 3 is 2.89 bits per heavy atom. The van der Waals surface area contributed by atoms with Gasteiger partial charge in [0.05, 0.1) is 17.6 Å². The van der Waals surface area contributed by atoms with E-state index in [1.165, 1.54) is 25.8 Å². The van der Waals surface area contributed by atoms with Gasteiger partial charge in [-0.25, -0.2) is 0 Å². The van der Waals surface area contributed by atoms with Crippen LogP contribution in [0.15, 0.2) is 18.5 Å². The lowest BCUT2D eigenvalue weighted by molar-refractivity contribution is 0.261. The molecule has 0 aromatic carbocycles. The van der Waals surface area contributed by atoms with Crippen LogP contribution in [-0.4, -0.2) is 31.2 Å². The largest absolute Gasteiger partial charge is 0.396 e. The Balaban J connectivity index is 0.000000637. The Kier molecular flexibility index (Phi) is 4.64. The molecule has 0 bridgehead atoms. The lowest BCUT2D eigenvalue weighted by Gasteiger charge is -2.41. The molecule has 1 aromatic rings. The van der Waals surface area contributed by atoms with E-state index >= 15 is 0 Å². The van der Waals surface area contributed by atoms with Gasteiger partial charge in [0.15, 0.2) is 0 Å². The molecule has 0 saturated carbocycles. The molecule has 0 aliphatic carbocycles. The van der Waals surface area contributed by atoms with Crippen molar-refractivity contribution in [1.82, 2.24) is 10.3 Å². The second-order valence-corrected chi connectivity index (χ2v) is 5.39. The zero-order chi connectivity index (χ0) is 13.7. The van der Waals surface area contributed by atoms with Gasteiger partial charge in [-0.2, -0.15) is 0 Å². The molecule has 3 rings (SSSR count). The third-order valence-corrected chi connectivity index (χ3v) is 4.16. The minimum Gasteiger partial charge on any atom is -0.396 e. The Bertz CT molecular complexity index is 399. The van der Waals surface area contributed by atoms with Gasteiger partial charge < -0.3 is 16.0 Å². The maximum absolute atomic E-state index is 6.02. The summed E-state index contributed by atoms with van der Waals surface area (Å²) in [5.74, 6) is 0. The summed E-state index contributed by atoms with van der Waals surface area (Å²) >= 11 is 0. The van der Waals surface area contributed by atoms with E-state index in [0.717, 1.165) is 31.0 Å². The highest BCUT2D eigenvalue weighted by molar-refractivity contribution is 5.66. The molecule has 1 aromatic heterocycles. The Labute approximate surface area is 116 Å². The zero-order valence-corrected chi connectivity index (χ0v) is 12.2. The van der Waals surface area contributed by atoms with Crippen LogP contribution < -0.4 is 16.0 Å². The van der Waals surface area contributed by atoms with Gasteiger partial charge in [0.1, 0.15) is 0 Å². The molecule has 4 nitrogen and oxygen atoms in total. The zero-order valence-electron chi connectivity index (χ0n) is 12.2. The predicted octanol–water partition coefficient (Wildman–Crippen LogP) is 2.27. The average Bonchev–Trinajstić information content (AvgIpc) is 2.89. The Morgan fingerprint density at radius 1 is 1.37 bits per heavy atom. The summed E-state index contributed by atoms with van der Waals surface area (Å²) in [5.41, 5.74) is 8.46. The first kappa shape index (κ1) is 14.1. The highest BCUT2D eigenvalue weighted by Gasteiger charge is 2.38. The number of anilines is 2. The SMILES string of the molecule is CC.Nc1cnccc1N1CCCC2(CCNC2)C1. The van der Waals surface area contributed by atoms with Crippen molar-refractivity contribution in [2.75, 3.05) is 36.8 Å². The van der Waals surface area contributed by atoms with Crippen LogP contribution in [0.1, 0.15) is 33.1 Å². The second kappa shape index (κ2) is 6.24. The first-order valence-electron chi connectivity index (χ1n) is 7.44. The number of hydrogen-bond donors (Lipinski definition) is 2. The minimum absolute atomic E-state index is 0.480. The van der Waals surface area contributed by atoms with Crippen LogP contribution >= 0.6 is 0 Å². The van der Waals surface area contributed by atoms with E-state index < -0.39 is 0 Å². The van der Waals surface area contributed by atoms with Crippen LogP contribution in [0.3, 0.4) is 0 Å². The van der Waals surface area contributed by atoms with Gasteiger partial charge in [-0.1, -0.05) is 13.8 Å². The molecule has 2 fully saturated rings. The first-order chi connectivity index (χ1) is 9.29. The van der Waals surface area contributed by atoms with Gasteiger partial charge in [-0.15, -0.1) is 0 Å². The maximum atomic E-state index is 6.02. The molecule has 106 valence electrons. The van der Waals surface area contributed by atoms with Crippen molar-refractivity contribution in [2.45, 2.75) is 33.1 Å². The van der Waals surface area contributed by atoms with E-state index in [1.54, 1.807) is 6.20 Å². The quantitative estimate of drug-likeness (QED) is 0.815. The van der Waals surface area contributed by atoms with E-state index in [1.807, 2.05) is 26.1 Å². The number of aromatic nitrogens is 1. The van der Waals surface area contributed by atoms with Crippen LogP contribution in [0.4, 0.5) is 11.4 Å². The summed E-state index contributed by atoms with van der Waals surface area (Å²) in [5, 5.41) is 3.50. The minimum atomic E-state index is 0.480. The summed E-state index contributed by atoms with van der Waals surface area (Å²) in [6, 6.07) is 2.04. The summed E-state index contributed by atoms with van der Waals surface area (Å²) in [7, 11) is 0. The fourth-order valence-corrected chi connectivity index (χ4v) is 3.24. The van der Waals surface area contributed by atoms with Gasteiger partial charge in [-0.3, -0.25) is 4.98 Å². The van der Waals surface area contributed by atoms with Crippen molar-refractivity contribution < 1.29 is 0 Å². The topological polar surface area (TPSA) is 54.2 Å². The molecular formula is C15H26N4. The smallest absolute Gasteiger partial charge is 0.0738 e. The summed E-state index contributed by atoms with van der Waals surface area (Å²) in [4.78, 5) is 6.50. The third-order valence-electron chi connectivity index (χ3n) is 4.16. The Hall–Kier alpha value is -1.29. The van der Waals surface area contributed by atoms with Crippen molar-refractivity contribution >= 4 is 11.4 Å². The lowest BCUT2D eigenvalue weighted by Crippen LogP contribution is -2.44. The van der Waals surface area contributed by atoms with Gasteiger partial charge in [-0.05, 0) is 31.9 Å². The number of hydrogen-bond acceptors (Lipinski definition) is 4.